The Bertz CT molecular complexity index is 771. The largest absolute Gasteiger partial charge is 0.248 e. The molecule has 0 bridgehead atoms. The molecular formula is C18H15N. The number of nitrogens with zero attached hydrogens (tertiary/aromatic N) is 1. The van der Waals surface area contributed by atoms with Crippen molar-refractivity contribution in [3.8, 4) is 0 Å². The van der Waals surface area contributed by atoms with Gasteiger partial charge in [-0.2, -0.15) is 0 Å². The zero-order valence-corrected chi connectivity index (χ0v) is 10.9. The maximum absolute atomic E-state index is 4.75. The van der Waals surface area contributed by atoms with Gasteiger partial charge >= 0.3 is 0 Å². The summed E-state index contributed by atoms with van der Waals surface area (Å²) < 4.78 is 0. The Kier molecular flexibility index (Phi) is 3.11. The topological polar surface area (TPSA) is 12.4 Å². The molecule has 0 N–H and O–H groups in total. The van der Waals surface area contributed by atoms with E-state index in [1.165, 1.54) is 16.3 Å². The van der Waals surface area contributed by atoms with Crippen LogP contribution in [-0.4, -0.2) is 0 Å². The van der Waals surface area contributed by atoms with Crippen LogP contribution in [0.4, 0.5) is 5.69 Å². The Morgan fingerprint density at radius 1 is 0.684 bits per heavy atom. The summed E-state index contributed by atoms with van der Waals surface area (Å²) in [6, 6.07) is 24.9. The van der Waals surface area contributed by atoms with Crippen molar-refractivity contribution in [2.45, 2.75) is 6.92 Å². The number of fused-ring (bicyclic) bond motifs is 1. The van der Waals surface area contributed by atoms with Gasteiger partial charge in [0.1, 0.15) is 0 Å². The summed E-state index contributed by atoms with van der Waals surface area (Å²) in [4.78, 5) is 4.75. The van der Waals surface area contributed by atoms with Crippen LogP contribution in [0, 0.1) is 6.92 Å². The van der Waals surface area contributed by atoms with Crippen LogP contribution in [0.3, 0.4) is 0 Å². The molecule has 0 amide bonds. The number of hydrogen-bond acceptors (Lipinski definition) is 1. The van der Waals surface area contributed by atoms with Crippen LogP contribution >= 0.6 is 0 Å². The minimum atomic E-state index is 0.988. The van der Waals surface area contributed by atoms with Crippen LogP contribution in [0.15, 0.2) is 77.8 Å². The molecule has 3 aromatic carbocycles. The second-order valence-corrected chi connectivity index (χ2v) is 4.64. The van der Waals surface area contributed by atoms with Crippen LogP contribution in [-0.2, 0) is 0 Å². The molecule has 0 aromatic heterocycles. The SMILES string of the molecule is Cc1ccc(N=c2ccccc3ccccc23)cc1. The van der Waals surface area contributed by atoms with Gasteiger partial charge in [0.05, 0.1) is 11.0 Å². The van der Waals surface area contributed by atoms with Crippen LogP contribution in [0.5, 0.6) is 0 Å². The Balaban J connectivity index is 2.28. The minimum absolute atomic E-state index is 0.988. The molecule has 0 unspecified atom stereocenters. The van der Waals surface area contributed by atoms with E-state index < -0.39 is 0 Å². The molecule has 19 heavy (non-hydrogen) atoms. The van der Waals surface area contributed by atoms with Gasteiger partial charge in [-0.3, -0.25) is 0 Å². The van der Waals surface area contributed by atoms with Crippen LogP contribution < -0.4 is 5.36 Å². The molecule has 3 aromatic rings. The molecule has 92 valence electrons. The highest BCUT2D eigenvalue weighted by atomic mass is 14.7. The first-order chi connectivity index (χ1) is 9.33. The molecule has 0 heterocycles. The molecule has 0 aliphatic heterocycles. The Morgan fingerprint density at radius 3 is 2.05 bits per heavy atom. The molecule has 0 saturated heterocycles. The van der Waals surface area contributed by atoms with E-state index in [2.05, 4.69) is 73.7 Å². The van der Waals surface area contributed by atoms with E-state index in [0.717, 1.165) is 11.0 Å². The first kappa shape index (κ1) is 11.7. The lowest BCUT2D eigenvalue weighted by Crippen LogP contribution is -1.97. The molecule has 0 saturated carbocycles. The summed E-state index contributed by atoms with van der Waals surface area (Å²) in [7, 11) is 0. The highest BCUT2D eigenvalue weighted by Crippen LogP contribution is 2.13. The van der Waals surface area contributed by atoms with Gasteiger partial charge in [-0.1, -0.05) is 60.2 Å². The van der Waals surface area contributed by atoms with E-state index in [4.69, 9.17) is 4.99 Å². The minimum Gasteiger partial charge on any atom is -0.248 e. The van der Waals surface area contributed by atoms with E-state index >= 15 is 0 Å². The first-order valence-electron chi connectivity index (χ1n) is 6.42. The van der Waals surface area contributed by atoms with Crippen LogP contribution in [0.1, 0.15) is 5.56 Å². The highest BCUT2D eigenvalue weighted by molar-refractivity contribution is 5.81. The van der Waals surface area contributed by atoms with E-state index in [9.17, 15) is 0 Å². The number of rotatable bonds is 1. The number of aryl methyl sites for hydroxylation is 1. The number of benzene rings is 2. The third-order valence-electron chi connectivity index (χ3n) is 3.16. The summed E-state index contributed by atoms with van der Waals surface area (Å²) in [5.74, 6) is 0. The monoisotopic (exact) mass is 245 g/mol. The van der Waals surface area contributed by atoms with Crippen molar-refractivity contribution >= 4 is 16.5 Å². The molecule has 1 nitrogen and oxygen atoms in total. The van der Waals surface area contributed by atoms with Crippen molar-refractivity contribution in [1.82, 2.24) is 0 Å². The first-order valence-corrected chi connectivity index (χ1v) is 6.42. The predicted molar refractivity (Wildman–Crippen MR) is 80.4 cm³/mol. The normalized spacial score (nSPS) is 11.7. The second kappa shape index (κ2) is 5.07. The van der Waals surface area contributed by atoms with Crippen molar-refractivity contribution in [2.24, 2.45) is 4.99 Å². The molecule has 0 fully saturated rings. The molecule has 0 atom stereocenters. The summed E-state index contributed by atoms with van der Waals surface area (Å²) >= 11 is 0. The van der Waals surface area contributed by atoms with E-state index in [-0.39, 0.29) is 0 Å². The van der Waals surface area contributed by atoms with Crippen molar-refractivity contribution < 1.29 is 0 Å². The maximum atomic E-state index is 4.75. The van der Waals surface area contributed by atoms with Gasteiger partial charge in [0.2, 0.25) is 0 Å². The van der Waals surface area contributed by atoms with E-state index in [1.54, 1.807) is 0 Å². The number of hydrogen-bond donors (Lipinski definition) is 0. The fourth-order valence-corrected chi connectivity index (χ4v) is 2.13. The smallest absolute Gasteiger partial charge is 0.0715 e. The third kappa shape index (κ3) is 2.55. The Labute approximate surface area is 112 Å². The zero-order valence-electron chi connectivity index (χ0n) is 10.9. The standard InChI is InChI=1S/C18H15N/c1-14-10-12-16(13-11-14)19-18-9-5-3-7-15-6-2-4-8-17(15)18/h2-13H,1H3. The van der Waals surface area contributed by atoms with E-state index in [1.807, 2.05) is 6.07 Å². The van der Waals surface area contributed by atoms with E-state index in [0.29, 0.717) is 0 Å². The van der Waals surface area contributed by atoms with Gasteiger partial charge in [-0.15, -0.1) is 0 Å². The third-order valence-corrected chi connectivity index (χ3v) is 3.16. The maximum Gasteiger partial charge on any atom is 0.0715 e. The molecular weight excluding hydrogens is 230 g/mol. The Hall–Kier alpha value is -2.41. The fraction of sp³-hybridized carbons (Fsp3) is 0.0556. The van der Waals surface area contributed by atoms with Crippen molar-refractivity contribution in [1.29, 1.82) is 0 Å². The van der Waals surface area contributed by atoms with Crippen LogP contribution in [0.2, 0.25) is 0 Å². The lowest BCUT2D eigenvalue weighted by molar-refractivity contribution is 1.36. The molecule has 0 spiro atoms. The van der Waals surface area contributed by atoms with Gasteiger partial charge in [-0.05, 0) is 30.5 Å². The summed E-state index contributed by atoms with van der Waals surface area (Å²) in [6.07, 6.45) is 0. The molecule has 0 aliphatic carbocycles. The Morgan fingerprint density at radius 2 is 1.32 bits per heavy atom. The predicted octanol–water partition coefficient (Wildman–Crippen LogP) is 4.38. The quantitative estimate of drug-likeness (QED) is 0.603. The van der Waals surface area contributed by atoms with Gasteiger partial charge < -0.3 is 0 Å². The lowest BCUT2D eigenvalue weighted by atomic mass is 10.2. The zero-order chi connectivity index (χ0) is 13.1. The van der Waals surface area contributed by atoms with Gasteiger partial charge in [0, 0.05) is 5.39 Å². The average molecular weight is 245 g/mol. The highest BCUT2D eigenvalue weighted by Gasteiger charge is 1.93. The van der Waals surface area contributed by atoms with Crippen molar-refractivity contribution in [3.63, 3.8) is 0 Å². The fourth-order valence-electron chi connectivity index (χ4n) is 2.13. The van der Waals surface area contributed by atoms with Crippen molar-refractivity contribution in [3.05, 3.63) is 83.7 Å². The summed E-state index contributed by atoms with van der Waals surface area (Å²) in [6.45, 7) is 2.09. The molecule has 3 rings (SSSR count). The molecule has 0 radical (unpaired) electrons. The summed E-state index contributed by atoms with van der Waals surface area (Å²) in [5.41, 5.74) is 2.24. The average Bonchev–Trinajstić information content (AvgIpc) is 2.64. The van der Waals surface area contributed by atoms with Gasteiger partial charge in [0.25, 0.3) is 0 Å². The van der Waals surface area contributed by atoms with Gasteiger partial charge in [-0.25, -0.2) is 4.99 Å². The van der Waals surface area contributed by atoms with Crippen molar-refractivity contribution in [2.75, 3.05) is 0 Å². The van der Waals surface area contributed by atoms with Gasteiger partial charge in [0.15, 0.2) is 0 Å². The molecule has 1 heteroatoms. The second-order valence-electron chi connectivity index (χ2n) is 4.64. The van der Waals surface area contributed by atoms with Crippen LogP contribution in [0.25, 0.3) is 10.8 Å². The molecule has 0 aliphatic rings. The summed E-state index contributed by atoms with van der Waals surface area (Å²) in [5, 5.41) is 3.39. The lowest BCUT2D eigenvalue weighted by Gasteiger charge is -1.96.